The van der Waals surface area contributed by atoms with Gasteiger partial charge in [-0.05, 0) is 31.1 Å². The van der Waals surface area contributed by atoms with E-state index in [0.717, 1.165) is 25.2 Å². The Hall–Kier alpha value is -0.570. The van der Waals surface area contributed by atoms with Gasteiger partial charge in [0, 0.05) is 6.04 Å². The summed E-state index contributed by atoms with van der Waals surface area (Å²) >= 11 is 0. The van der Waals surface area contributed by atoms with Gasteiger partial charge in [0.05, 0.1) is 12.2 Å². The van der Waals surface area contributed by atoms with Crippen molar-refractivity contribution in [1.29, 1.82) is 0 Å². The van der Waals surface area contributed by atoms with Gasteiger partial charge in [0.15, 0.2) is 0 Å². The van der Waals surface area contributed by atoms with Crippen LogP contribution in [0.15, 0.2) is 0 Å². The van der Waals surface area contributed by atoms with Crippen molar-refractivity contribution in [3.8, 4) is 0 Å². The van der Waals surface area contributed by atoms with Crippen molar-refractivity contribution in [3.05, 3.63) is 0 Å². The summed E-state index contributed by atoms with van der Waals surface area (Å²) in [5.74, 6) is 1.73. The Kier molecular flexibility index (Phi) is 4.88. The number of rotatable bonds is 4. The van der Waals surface area contributed by atoms with E-state index in [9.17, 15) is 4.79 Å². The maximum Gasteiger partial charge on any atom is 0.241 e. The molecule has 5 atom stereocenters. The van der Waals surface area contributed by atoms with E-state index in [1.807, 2.05) is 0 Å². The summed E-state index contributed by atoms with van der Waals surface area (Å²) in [6.45, 7) is 8.99. The fourth-order valence-electron chi connectivity index (χ4n) is 3.85. The quantitative estimate of drug-likeness (QED) is 0.848. The molecule has 5 unspecified atom stereocenters. The first kappa shape index (κ1) is 14.8. The summed E-state index contributed by atoms with van der Waals surface area (Å²) in [7, 11) is 0. The van der Waals surface area contributed by atoms with Crippen LogP contribution in [0.4, 0.5) is 0 Å². The average Bonchev–Trinajstić information content (AvgIpc) is 2.70. The van der Waals surface area contributed by atoms with Gasteiger partial charge in [-0.2, -0.15) is 0 Å². The molecule has 1 aliphatic carbocycles. The minimum atomic E-state index is 0.0565. The Morgan fingerprint density at radius 2 is 2.00 bits per heavy atom. The van der Waals surface area contributed by atoms with Crippen LogP contribution in [0.5, 0.6) is 0 Å². The molecule has 0 bridgehead atoms. The number of nitrogens with one attached hydrogen (secondary N) is 1. The molecule has 2 fully saturated rings. The van der Waals surface area contributed by atoms with Gasteiger partial charge in [-0.25, -0.2) is 0 Å². The van der Waals surface area contributed by atoms with E-state index in [2.05, 4.69) is 37.9 Å². The van der Waals surface area contributed by atoms with Gasteiger partial charge in [0.25, 0.3) is 0 Å². The van der Waals surface area contributed by atoms with Gasteiger partial charge in [0.1, 0.15) is 0 Å². The smallest absolute Gasteiger partial charge is 0.241 e. The van der Waals surface area contributed by atoms with Crippen molar-refractivity contribution in [2.75, 3.05) is 0 Å². The lowest BCUT2D eigenvalue weighted by molar-refractivity contribution is -0.134. The van der Waals surface area contributed by atoms with Crippen LogP contribution < -0.4 is 5.32 Å². The first-order chi connectivity index (χ1) is 9.10. The minimum absolute atomic E-state index is 0.0565. The van der Waals surface area contributed by atoms with E-state index >= 15 is 0 Å². The summed E-state index contributed by atoms with van der Waals surface area (Å²) in [6.07, 6.45) is 7.19. The van der Waals surface area contributed by atoms with Gasteiger partial charge >= 0.3 is 0 Å². The highest BCUT2D eigenvalue weighted by Gasteiger charge is 2.44. The molecule has 2 rings (SSSR count). The Morgan fingerprint density at radius 3 is 2.63 bits per heavy atom. The van der Waals surface area contributed by atoms with Crippen LogP contribution in [0.3, 0.4) is 0 Å². The zero-order valence-electron chi connectivity index (χ0n) is 13.0. The van der Waals surface area contributed by atoms with E-state index in [1.165, 1.54) is 19.3 Å². The third kappa shape index (κ3) is 2.81. The molecule has 1 N–H and O–H groups in total. The number of hydrogen-bond donors (Lipinski definition) is 1. The molecule has 0 aromatic heterocycles. The zero-order valence-corrected chi connectivity index (χ0v) is 13.0. The zero-order chi connectivity index (χ0) is 14.0. The van der Waals surface area contributed by atoms with Gasteiger partial charge in [0.2, 0.25) is 5.91 Å². The van der Waals surface area contributed by atoms with Crippen molar-refractivity contribution < 1.29 is 4.79 Å². The van der Waals surface area contributed by atoms with Gasteiger partial charge in [-0.3, -0.25) is 10.1 Å². The molecule has 1 saturated carbocycles. The Morgan fingerprint density at radius 1 is 1.26 bits per heavy atom. The van der Waals surface area contributed by atoms with Crippen molar-refractivity contribution in [2.45, 2.75) is 84.5 Å². The molecule has 2 aliphatic rings. The Balaban J connectivity index is 2.16. The summed E-state index contributed by atoms with van der Waals surface area (Å²) < 4.78 is 0. The normalized spacial score (nSPS) is 39.9. The van der Waals surface area contributed by atoms with Crippen molar-refractivity contribution in [1.82, 2.24) is 10.2 Å². The van der Waals surface area contributed by atoms with Gasteiger partial charge in [-0.1, -0.05) is 47.0 Å². The molecule has 1 saturated heterocycles. The molecular weight excluding hydrogens is 236 g/mol. The van der Waals surface area contributed by atoms with Crippen molar-refractivity contribution in [3.63, 3.8) is 0 Å². The second kappa shape index (κ2) is 6.25. The van der Waals surface area contributed by atoms with Crippen LogP contribution in [0.1, 0.15) is 66.2 Å². The second-order valence-electron chi connectivity index (χ2n) is 6.51. The number of hydrogen-bond acceptors (Lipinski definition) is 2. The summed E-state index contributed by atoms with van der Waals surface area (Å²) in [5.41, 5.74) is 0. The highest BCUT2D eigenvalue weighted by Crippen LogP contribution is 2.35. The number of carbonyl (C=O) groups excluding carboxylic acids is 1. The van der Waals surface area contributed by atoms with Crippen LogP contribution in [-0.4, -0.2) is 29.1 Å². The highest BCUT2D eigenvalue weighted by molar-refractivity contribution is 5.84. The summed E-state index contributed by atoms with van der Waals surface area (Å²) in [5, 5.41) is 3.55. The lowest BCUT2D eigenvalue weighted by Crippen LogP contribution is -2.50. The standard InChI is InChI=1S/C16H30N2O/c1-5-8-15-17-13(6-2)16(19)18(15)14-10-7-9-11(3)12(14)4/h11-15,17H,5-10H2,1-4H3. The minimum Gasteiger partial charge on any atom is -0.323 e. The van der Waals surface area contributed by atoms with E-state index in [1.54, 1.807) is 0 Å². The third-order valence-electron chi connectivity index (χ3n) is 5.27. The van der Waals surface area contributed by atoms with Crippen LogP contribution in [-0.2, 0) is 4.79 Å². The highest BCUT2D eigenvalue weighted by atomic mass is 16.2. The lowest BCUT2D eigenvalue weighted by atomic mass is 9.77. The molecule has 0 radical (unpaired) electrons. The fraction of sp³-hybridized carbons (Fsp3) is 0.938. The maximum absolute atomic E-state index is 12.6. The number of amides is 1. The van der Waals surface area contributed by atoms with E-state index in [4.69, 9.17) is 0 Å². The number of carbonyl (C=O) groups is 1. The lowest BCUT2D eigenvalue weighted by Gasteiger charge is -2.42. The van der Waals surface area contributed by atoms with Crippen LogP contribution in [0.2, 0.25) is 0 Å². The van der Waals surface area contributed by atoms with Gasteiger partial charge < -0.3 is 4.90 Å². The topological polar surface area (TPSA) is 32.3 Å². The second-order valence-corrected chi connectivity index (χ2v) is 6.51. The van der Waals surface area contributed by atoms with Crippen molar-refractivity contribution in [2.24, 2.45) is 11.8 Å². The van der Waals surface area contributed by atoms with Crippen molar-refractivity contribution >= 4 is 5.91 Å². The van der Waals surface area contributed by atoms with Crippen LogP contribution in [0, 0.1) is 11.8 Å². The third-order valence-corrected chi connectivity index (χ3v) is 5.27. The largest absolute Gasteiger partial charge is 0.323 e. The molecular formula is C16H30N2O. The first-order valence-corrected chi connectivity index (χ1v) is 8.18. The predicted molar refractivity (Wildman–Crippen MR) is 78.7 cm³/mol. The molecule has 3 nitrogen and oxygen atoms in total. The fourth-order valence-corrected chi connectivity index (χ4v) is 3.85. The SMILES string of the molecule is CCCC1NC(CC)C(=O)N1C1CCCC(C)C1C. The molecule has 0 spiro atoms. The first-order valence-electron chi connectivity index (χ1n) is 8.18. The van der Waals surface area contributed by atoms with Gasteiger partial charge in [-0.15, -0.1) is 0 Å². The average molecular weight is 266 g/mol. The molecule has 3 heteroatoms. The number of nitrogens with zero attached hydrogens (tertiary/aromatic N) is 1. The molecule has 19 heavy (non-hydrogen) atoms. The van der Waals surface area contributed by atoms with Crippen LogP contribution in [0.25, 0.3) is 0 Å². The molecule has 1 aliphatic heterocycles. The Labute approximate surface area is 118 Å². The van der Waals surface area contributed by atoms with Crippen LogP contribution >= 0.6 is 0 Å². The molecule has 1 amide bonds. The summed E-state index contributed by atoms with van der Waals surface area (Å²) in [4.78, 5) is 14.9. The monoisotopic (exact) mass is 266 g/mol. The molecule has 1 heterocycles. The van der Waals surface area contributed by atoms with E-state index in [-0.39, 0.29) is 12.2 Å². The summed E-state index contributed by atoms with van der Waals surface area (Å²) in [6, 6.07) is 0.512. The molecule has 110 valence electrons. The predicted octanol–water partition coefficient (Wildman–Crippen LogP) is 3.15. The molecule has 0 aromatic carbocycles. The molecule has 0 aromatic rings. The van der Waals surface area contributed by atoms with E-state index < -0.39 is 0 Å². The van der Waals surface area contributed by atoms with E-state index in [0.29, 0.717) is 17.9 Å². The maximum atomic E-state index is 12.6. The Bertz CT molecular complexity index is 318.